The molecule has 0 radical (unpaired) electrons. The van der Waals surface area contributed by atoms with Crippen LogP contribution in [0.15, 0.2) is 46.3 Å². The van der Waals surface area contributed by atoms with Crippen molar-refractivity contribution < 1.29 is 19.1 Å². The lowest BCUT2D eigenvalue weighted by Gasteiger charge is -2.61. The fourth-order valence-corrected chi connectivity index (χ4v) is 6.39. The molecule has 0 N–H and O–H groups in total. The fourth-order valence-electron chi connectivity index (χ4n) is 6.39. The van der Waals surface area contributed by atoms with Crippen LogP contribution >= 0.6 is 0 Å². The van der Waals surface area contributed by atoms with Crippen molar-refractivity contribution in [3.8, 4) is 0 Å². The molecule has 0 amide bonds. The van der Waals surface area contributed by atoms with Crippen molar-refractivity contribution in [3.63, 3.8) is 0 Å². The minimum absolute atomic E-state index is 0.0317. The number of rotatable bonds is 4. The van der Waals surface area contributed by atoms with E-state index in [4.69, 9.17) is 9.47 Å². The summed E-state index contributed by atoms with van der Waals surface area (Å²) in [6.45, 7) is 4.32. The molecule has 0 aromatic heterocycles. The van der Waals surface area contributed by atoms with Gasteiger partial charge in [-0.2, -0.15) is 0 Å². The summed E-state index contributed by atoms with van der Waals surface area (Å²) in [5, 5.41) is 0. The maximum atomic E-state index is 12.9. The summed E-state index contributed by atoms with van der Waals surface area (Å²) in [4.78, 5) is 25.7. The van der Waals surface area contributed by atoms with Crippen LogP contribution in [-0.4, -0.2) is 17.5 Å². The van der Waals surface area contributed by atoms with E-state index in [1.165, 1.54) is 0 Å². The van der Waals surface area contributed by atoms with Gasteiger partial charge in [-0.1, -0.05) is 38.8 Å². The summed E-state index contributed by atoms with van der Waals surface area (Å²) < 4.78 is 11.9. The molecule has 4 nitrogen and oxygen atoms in total. The number of hydrogen-bond acceptors (Lipinski definition) is 4. The summed E-state index contributed by atoms with van der Waals surface area (Å²) in [6, 6.07) is 0. The van der Waals surface area contributed by atoms with Gasteiger partial charge in [0, 0.05) is 17.4 Å². The first-order chi connectivity index (χ1) is 13.6. The summed E-state index contributed by atoms with van der Waals surface area (Å²) in [5.41, 5.74) is 3.16. The first-order valence-corrected chi connectivity index (χ1v) is 10.9. The molecule has 0 aromatic carbocycles. The number of carbonyl (C=O) groups is 2. The van der Waals surface area contributed by atoms with Gasteiger partial charge in [0.1, 0.15) is 11.4 Å². The van der Waals surface area contributed by atoms with Crippen LogP contribution in [0.2, 0.25) is 0 Å². The zero-order valence-electron chi connectivity index (χ0n) is 16.8. The van der Waals surface area contributed by atoms with Crippen molar-refractivity contribution in [1.29, 1.82) is 0 Å². The van der Waals surface area contributed by atoms with Crippen molar-refractivity contribution >= 4 is 11.9 Å². The second kappa shape index (κ2) is 6.47. The molecular weight excluding hydrogens is 352 g/mol. The van der Waals surface area contributed by atoms with Crippen LogP contribution in [0.25, 0.3) is 0 Å². The topological polar surface area (TPSA) is 52.6 Å². The van der Waals surface area contributed by atoms with Crippen LogP contribution < -0.4 is 0 Å². The molecule has 0 bridgehead atoms. The number of cyclic esters (lactones) is 1. The Bertz CT molecular complexity index is 871. The molecule has 0 unspecified atom stereocenters. The predicted octanol–water partition coefficient (Wildman–Crippen LogP) is 4.92. The van der Waals surface area contributed by atoms with E-state index in [0.717, 1.165) is 79.4 Å². The molecule has 4 heteroatoms. The Labute approximate surface area is 166 Å². The van der Waals surface area contributed by atoms with Crippen LogP contribution in [0.5, 0.6) is 0 Å². The first kappa shape index (κ1) is 18.0. The van der Waals surface area contributed by atoms with Gasteiger partial charge in [-0.15, -0.1) is 0 Å². The Morgan fingerprint density at radius 2 is 2.04 bits per heavy atom. The summed E-state index contributed by atoms with van der Waals surface area (Å²) in [5.74, 6) is 1.04. The van der Waals surface area contributed by atoms with E-state index >= 15 is 0 Å². The number of ether oxygens (including phenoxy) is 2. The molecule has 3 aliphatic carbocycles. The van der Waals surface area contributed by atoms with Gasteiger partial charge in [-0.05, 0) is 56.1 Å². The highest BCUT2D eigenvalue weighted by Gasteiger charge is 2.71. The quantitative estimate of drug-likeness (QED) is 0.650. The van der Waals surface area contributed by atoms with E-state index in [1.807, 2.05) is 6.08 Å². The van der Waals surface area contributed by atoms with Crippen molar-refractivity contribution in [2.75, 3.05) is 0 Å². The largest absolute Gasteiger partial charge is 0.450 e. The van der Waals surface area contributed by atoms with Crippen molar-refractivity contribution in [1.82, 2.24) is 0 Å². The number of esters is 2. The van der Waals surface area contributed by atoms with E-state index in [1.54, 1.807) is 0 Å². The average molecular weight is 380 g/mol. The average Bonchev–Trinajstić information content (AvgIpc) is 3.19. The molecule has 2 heterocycles. The van der Waals surface area contributed by atoms with Crippen LogP contribution in [0.1, 0.15) is 65.2 Å². The van der Waals surface area contributed by atoms with Gasteiger partial charge in [-0.25, -0.2) is 9.59 Å². The van der Waals surface area contributed by atoms with E-state index in [-0.39, 0.29) is 17.9 Å². The fraction of sp³-hybridized carbons (Fsp3) is 0.583. The molecule has 1 fully saturated rings. The van der Waals surface area contributed by atoms with Crippen LogP contribution in [0.3, 0.4) is 0 Å². The molecule has 0 aromatic rings. The molecule has 5 aliphatic rings. The van der Waals surface area contributed by atoms with Gasteiger partial charge in [0.15, 0.2) is 0 Å². The molecule has 5 rings (SSSR count). The maximum absolute atomic E-state index is 12.9. The summed E-state index contributed by atoms with van der Waals surface area (Å²) in [7, 11) is 0. The smallest absolute Gasteiger partial charge is 0.340 e. The van der Waals surface area contributed by atoms with Crippen molar-refractivity contribution in [2.45, 2.75) is 70.8 Å². The lowest BCUT2D eigenvalue weighted by Crippen LogP contribution is -2.65. The molecule has 4 atom stereocenters. The summed E-state index contributed by atoms with van der Waals surface area (Å²) >= 11 is 0. The zero-order chi connectivity index (χ0) is 19.5. The van der Waals surface area contributed by atoms with E-state index in [2.05, 4.69) is 26.0 Å². The first-order valence-electron chi connectivity index (χ1n) is 10.9. The lowest BCUT2D eigenvalue weighted by molar-refractivity contribution is -0.197. The third-order valence-electron chi connectivity index (χ3n) is 7.38. The van der Waals surface area contributed by atoms with Gasteiger partial charge in [0.2, 0.25) is 0 Å². The SMILES string of the molecule is CCC/C=C1\OC(=O)C2=C1CC[C@H]1[C@@H](CCC)[C@@]3(OC(=O)C4=C3CCC=C4)[C@@H]21. The zero-order valence-corrected chi connectivity index (χ0v) is 16.8. The minimum Gasteiger partial charge on any atom is -0.450 e. The van der Waals surface area contributed by atoms with Gasteiger partial charge in [0.25, 0.3) is 0 Å². The van der Waals surface area contributed by atoms with Crippen LogP contribution in [0, 0.1) is 17.8 Å². The van der Waals surface area contributed by atoms with E-state index in [9.17, 15) is 9.59 Å². The van der Waals surface area contributed by atoms with Gasteiger partial charge >= 0.3 is 11.9 Å². The molecule has 1 saturated carbocycles. The van der Waals surface area contributed by atoms with Gasteiger partial charge in [-0.3, -0.25) is 0 Å². The van der Waals surface area contributed by atoms with Gasteiger partial charge in [0.05, 0.1) is 11.1 Å². The Morgan fingerprint density at radius 1 is 1.18 bits per heavy atom. The normalized spacial score (nSPS) is 37.1. The third-order valence-corrected chi connectivity index (χ3v) is 7.38. The highest BCUT2D eigenvalue weighted by molar-refractivity contribution is 5.99. The standard InChI is InChI=1S/C24H28O4/c1-3-5-11-19-16-13-12-14-17(8-4-2)24(21(14)20(16)23(26)27-19)18-10-7-6-9-15(18)22(25)28-24/h6,9,11,14,17,21H,3-5,7-8,10,12-13H2,1-2H3/b19-11-/t14-,17+,21+,24-/m0/s1. The number of hydrogen-bond donors (Lipinski definition) is 0. The number of unbranched alkanes of at least 4 members (excludes halogenated alkanes) is 1. The molecule has 0 saturated heterocycles. The Morgan fingerprint density at radius 3 is 2.82 bits per heavy atom. The van der Waals surface area contributed by atoms with Crippen LogP contribution in [0.4, 0.5) is 0 Å². The van der Waals surface area contributed by atoms with Crippen LogP contribution in [-0.2, 0) is 19.1 Å². The molecular formula is C24H28O4. The number of fused-ring (bicyclic) bond motifs is 4. The molecule has 148 valence electrons. The number of allylic oxidation sites excluding steroid dienone is 3. The second-order valence-electron chi connectivity index (χ2n) is 8.73. The Hall–Kier alpha value is -2.10. The highest BCUT2D eigenvalue weighted by Crippen LogP contribution is 2.68. The molecule has 2 aliphatic heterocycles. The van der Waals surface area contributed by atoms with E-state index < -0.39 is 5.60 Å². The lowest BCUT2D eigenvalue weighted by atomic mass is 9.44. The minimum atomic E-state index is -0.613. The maximum Gasteiger partial charge on any atom is 0.340 e. The number of carbonyl (C=O) groups excluding carboxylic acids is 2. The van der Waals surface area contributed by atoms with E-state index in [0.29, 0.717) is 11.8 Å². The van der Waals surface area contributed by atoms with Gasteiger partial charge < -0.3 is 9.47 Å². The Balaban J connectivity index is 1.63. The Kier molecular flexibility index (Phi) is 4.15. The van der Waals surface area contributed by atoms with Crippen molar-refractivity contribution in [3.05, 3.63) is 46.3 Å². The highest BCUT2D eigenvalue weighted by atomic mass is 16.6. The molecule has 28 heavy (non-hydrogen) atoms. The molecule has 1 spiro atoms. The second-order valence-corrected chi connectivity index (χ2v) is 8.73. The summed E-state index contributed by atoms with van der Waals surface area (Å²) in [6.07, 6.45) is 13.8. The monoisotopic (exact) mass is 380 g/mol. The predicted molar refractivity (Wildman–Crippen MR) is 105 cm³/mol. The van der Waals surface area contributed by atoms with Crippen molar-refractivity contribution in [2.24, 2.45) is 17.8 Å². The third kappa shape index (κ3) is 2.18.